The zero-order chi connectivity index (χ0) is 14.7. The van der Waals surface area contributed by atoms with Crippen LogP contribution < -0.4 is 5.32 Å². The molecule has 3 rings (SSSR count). The van der Waals surface area contributed by atoms with Gasteiger partial charge < -0.3 is 5.32 Å². The van der Waals surface area contributed by atoms with Crippen LogP contribution in [-0.2, 0) is 0 Å². The summed E-state index contributed by atoms with van der Waals surface area (Å²) in [5.41, 5.74) is 1.09. The van der Waals surface area contributed by atoms with Crippen LogP contribution >= 0.6 is 0 Å². The van der Waals surface area contributed by atoms with E-state index < -0.39 is 0 Å². The van der Waals surface area contributed by atoms with Gasteiger partial charge in [-0.3, -0.25) is 9.55 Å². The molecule has 0 saturated heterocycles. The Morgan fingerprint density at radius 1 is 1.19 bits per heavy atom. The zero-order valence-corrected chi connectivity index (χ0v) is 11.1. The highest BCUT2D eigenvalue weighted by molar-refractivity contribution is 5.57. The van der Waals surface area contributed by atoms with E-state index in [-0.39, 0.29) is 0 Å². The summed E-state index contributed by atoms with van der Waals surface area (Å²) in [4.78, 5) is 20.9. The predicted molar refractivity (Wildman–Crippen MR) is 74.4 cm³/mol. The van der Waals surface area contributed by atoms with Gasteiger partial charge in [0.1, 0.15) is 12.4 Å². The molecular formula is C13H10N8. The predicted octanol–water partition coefficient (Wildman–Crippen LogP) is 1.03. The van der Waals surface area contributed by atoms with Crippen molar-refractivity contribution in [2.75, 3.05) is 12.4 Å². The molecule has 0 spiro atoms. The largest absolute Gasteiger partial charge is 0.357 e. The number of hydrogen-bond donors (Lipinski definition) is 1. The lowest BCUT2D eigenvalue weighted by Gasteiger charge is -2.07. The Bertz CT molecular complexity index is 803. The number of hydrogen-bond acceptors (Lipinski definition) is 7. The molecule has 8 heteroatoms. The maximum atomic E-state index is 8.95. The van der Waals surface area contributed by atoms with Gasteiger partial charge in [-0.1, -0.05) is 0 Å². The van der Waals surface area contributed by atoms with Crippen molar-refractivity contribution in [2.45, 2.75) is 0 Å². The van der Waals surface area contributed by atoms with Crippen LogP contribution in [0.2, 0.25) is 0 Å². The molecule has 0 aliphatic carbocycles. The Balaban J connectivity index is 2.14. The van der Waals surface area contributed by atoms with Crippen LogP contribution in [-0.4, -0.2) is 36.5 Å². The fourth-order valence-corrected chi connectivity index (χ4v) is 1.72. The summed E-state index contributed by atoms with van der Waals surface area (Å²) in [6.45, 7) is 0. The molecule has 0 aromatic carbocycles. The van der Waals surface area contributed by atoms with Crippen LogP contribution in [0.4, 0.5) is 5.95 Å². The van der Waals surface area contributed by atoms with Crippen LogP contribution in [0.15, 0.2) is 37.2 Å². The maximum Gasteiger partial charge on any atom is 0.240 e. The van der Waals surface area contributed by atoms with Crippen molar-refractivity contribution in [2.24, 2.45) is 0 Å². The Morgan fingerprint density at radius 3 is 2.81 bits per heavy atom. The minimum absolute atomic E-state index is 0.422. The summed E-state index contributed by atoms with van der Waals surface area (Å²) in [6, 6.07) is 3.72. The second-order valence-corrected chi connectivity index (χ2v) is 4.08. The molecule has 102 valence electrons. The van der Waals surface area contributed by atoms with Crippen molar-refractivity contribution < 1.29 is 0 Å². The number of aromatic nitrogens is 6. The minimum atomic E-state index is 0.422. The van der Waals surface area contributed by atoms with Gasteiger partial charge in [-0.2, -0.15) is 20.2 Å². The lowest BCUT2D eigenvalue weighted by Crippen LogP contribution is -2.07. The van der Waals surface area contributed by atoms with Crippen molar-refractivity contribution in [3.63, 3.8) is 0 Å². The second kappa shape index (κ2) is 5.34. The normalized spacial score (nSPS) is 10.1. The second-order valence-electron chi connectivity index (χ2n) is 4.08. The minimum Gasteiger partial charge on any atom is -0.357 e. The summed E-state index contributed by atoms with van der Waals surface area (Å²) < 4.78 is 1.67. The molecule has 3 heterocycles. The van der Waals surface area contributed by atoms with Crippen LogP contribution in [0.3, 0.4) is 0 Å². The Labute approximate surface area is 120 Å². The molecule has 0 atom stereocenters. The highest BCUT2D eigenvalue weighted by atomic mass is 15.2. The third kappa shape index (κ3) is 2.52. The molecule has 0 radical (unpaired) electrons. The number of nitrogens with zero attached hydrogens (tertiary/aromatic N) is 7. The first kappa shape index (κ1) is 12.7. The number of imidazole rings is 1. The van der Waals surface area contributed by atoms with Gasteiger partial charge in [0.15, 0.2) is 5.82 Å². The van der Waals surface area contributed by atoms with Crippen molar-refractivity contribution in [1.82, 2.24) is 29.5 Å². The summed E-state index contributed by atoms with van der Waals surface area (Å²) in [6.07, 6.45) is 8.07. The first-order valence-electron chi connectivity index (χ1n) is 6.08. The number of pyridine rings is 1. The van der Waals surface area contributed by atoms with Crippen molar-refractivity contribution in [3.8, 4) is 23.4 Å². The van der Waals surface area contributed by atoms with E-state index >= 15 is 0 Å². The first-order valence-corrected chi connectivity index (χ1v) is 6.08. The monoisotopic (exact) mass is 278 g/mol. The quantitative estimate of drug-likeness (QED) is 0.762. The summed E-state index contributed by atoms with van der Waals surface area (Å²) >= 11 is 0. The number of rotatable bonds is 3. The topological polar surface area (TPSA) is 105 Å². The highest BCUT2D eigenvalue weighted by Crippen LogP contribution is 2.17. The molecule has 0 aliphatic heterocycles. The Morgan fingerprint density at radius 2 is 2.10 bits per heavy atom. The molecule has 0 amide bonds. The van der Waals surface area contributed by atoms with Gasteiger partial charge in [0.05, 0.1) is 5.56 Å². The van der Waals surface area contributed by atoms with Crippen LogP contribution in [0.5, 0.6) is 0 Å². The molecule has 3 aromatic heterocycles. The standard InChI is InChI=1S/C13H10N8/c1-15-12-18-11(10-4-9(5-14)6-17-7-10)19-13(20-12)21-3-2-16-8-21/h2-4,6-8H,1H3,(H,15,18,19,20). The van der Waals surface area contributed by atoms with E-state index in [1.807, 2.05) is 6.07 Å². The van der Waals surface area contributed by atoms with E-state index in [2.05, 4.69) is 30.2 Å². The average Bonchev–Trinajstić information content (AvgIpc) is 3.09. The smallest absolute Gasteiger partial charge is 0.240 e. The van der Waals surface area contributed by atoms with Gasteiger partial charge in [-0.15, -0.1) is 0 Å². The van der Waals surface area contributed by atoms with Gasteiger partial charge in [0.2, 0.25) is 11.9 Å². The van der Waals surface area contributed by atoms with E-state index in [0.29, 0.717) is 28.8 Å². The first-order chi connectivity index (χ1) is 10.3. The van der Waals surface area contributed by atoms with Gasteiger partial charge in [0, 0.05) is 37.4 Å². The number of nitriles is 1. The maximum absolute atomic E-state index is 8.95. The SMILES string of the molecule is CNc1nc(-c2cncc(C#N)c2)nc(-n2ccnc2)n1. The third-order valence-electron chi connectivity index (χ3n) is 2.71. The lowest BCUT2D eigenvalue weighted by atomic mass is 10.2. The van der Waals surface area contributed by atoms with Crippen molar-refractivity contribution in [1.29, 1.82) is 5.26 Å². The van der Waals surface area contributed by atoms with E-state index in [1.54, 1.807) is 42.6 Å². The molecule has 0 fully saturated rings. The molecule has 0 aliphatic rings. The van der Waals surface area contributed by atoms with Gasteiger partial charge >= 0.3 is 0 Å². The fraction of sp³-hybridized carbons (Fsp3) is 0.0769. The molecule has 0 unspecified atom stereocenters. The van der Waals surface area contributed by atoms with E-state index in [4.69, 9.17) is 5.26 Å². The average molecular weight is 278 g/mol. The van der Waals surface area contributed by atoms with Gasteiger partial charge in [-0.05, 0) is 6.07 Å². The molecule has 3 aromatic rings. The summed E-state index contributed by atoms with van der Waals surface area (Å²) in [7, 11) is 1.72. The summed E-state index contributed by atoms with van der Waals surface area (Å²) in [5, 5.41) is 11.8. The number of anilines is 1. The van der Waals surface area contributed by atoms with E-state index in [1.165, 1.54) is 6.20 Å². The highest BCUT2D eigenvalue weighted by Gasteiger charge is 2.10. The van der Waals surface area contributed by atoms with E-state index in [0.717, 1.165) is 0 Å². The van der Waals surface area contributed by atoms with Gasteiger partial charge in [-0.25, -0.2) is 4.98 Å². The van der Waals surface area contributed by atoms with Crippen LogP contribution in [0, 0.1) is 11.3 Å². The Hall–Kier alpha value is -3.34. The Kier molecular flexibility index (Phi) is 3.22. The molecule has 0 bridgehead atoms. The van der Waals surface area contributed by atoms with Crippen molar-refractivity contribution >= 4 is 5.95 Å². The zero-order valence-electron chi connectivity index (χ0n) is 11.1. The molecule has 1 N–H and O–H groups in total. The van der Waals surface area contributed by atoms with Gasteiger partial charge in [0.25, 0.3) is 0 Å². The van der Waals surface area contributed by atoms with Crippen LogP contribution in [0.1, 0.15) is 5.56 Å². The van der Waals surface area contributed by atoms with Crippen LogP contribution in [0.25, 0.3) is 17.3 Å². The molecule has 21 heavy (non-hydrogen) atoms. The third-order valence-corrected chi connectivity index (χ3v) is 2.71. The molecule has 0 saturated carbocycles. The molecular weight excluding hydrogens is 268 g/mol. The summed E-state index contributed by atoms with van der Waals surface area (Å²) in [5.74, 6) is 1.29. The molecule has 8 nitrogen and oxygen atoms in total. The lowest BCUT2D eigenvalue weighted by molar-refractivity contribution is 0.901. The fourth-order valence-electron chi connectivity index (χ4n) is 1.72. The number of nitrogens with one attached hydrogen (secondary N) is 1. The van der Waals surface area contributed by atoms with Crippen molar-refractivity contribution in [3.05, 3.63) is 42.7 Å². The van der Waals surface area contributed by atoms with E-state index in [9.17, 15) is 0 Å².